The number of hydrogen-bond acceptors (Lipinski definition) is 5. The van der Waals surface area contributed by atoms with Crippen LogP contribution in [-0.2, 0) is 0 Å². The van der Waals surface area contributed by atoms with Crippen molar-refractivity contribution in [3.8, 4) is 5.75 Å². The Morgan fingerprint density at radius 3 is 2.65 bits per heavy atom. The zero-order valence-electron chi connectivity index (χ0n) is 14.5. The third-order valence-corrected chi connectivity index (χ3v) is 4.56. The van der Waals surface area contributed by atoms with Gasteiger partial charge in [-0.3, -0.25) is 9.59 Å². The van der Waals surface area contributed by atoms with Crippen LogP contribution in [0.5, 0.6) is 5.75 Å². The zero-order valence-corrected chi connectivity index (χ0v) is 14.5. The van der Waals surface area contributed by atoms with Crippen LogP contribution in [0.3, 0.4) is 0 Å². The highest BCUT2D eigenvalue weighted by molar-refractivity contribution is 5.91. The van der Waals surface area contributed by atoms with E-state index in [1.54, 1.807) is 13.0 Å². The number of aryl methyl sites for hydroxylation is 1. The molecule has 1 aliphatic rings. The van der Waals surface area contributed by atoms with Crippen molar-refractivity contribution in [1.29, 1.82) is 0 Å². The second-order valence-corrected chi connectivity index (χ2v) is 6.50. The summed E-state index contributed by atoms with van der Waals surface area (Å²) >= 11 is 0. The second kappa shape index (κ2) is 7.29. The van der Waals surface area contributed by atoms with Crippen molar-refractivity contribution in [3.63, 3.8) is 0 Å². The number of benzene rings is 1. The molecule has 2 N–H and O–H groups in total. The van der Waals surface area contributed by atoms with E-state index in [0.29, 0.717) is 24.2 Å². The van der Waals surface area contributed by atoms with Crippen molar-refractivity contribution in [1.82, 2.24) is 5.32 Å². The van der Waals surface area contributed by atoms with E-state index in [9.17, 15) is 19.1 Å². The lowest BCUT2D eigenvalue weighted by molar-refractivity contribution is 0.0231. The second-order valence-electron chi connectivity index (χ2n) is 6.50. The van der Waals surface area contributed by atoms with Gasteiger partial charge in [0.25, 0.3) is 5.91 Å². The molecule has 0 spiro atoms. The standard InChI is InChI=1S/C19H20FNO5/c1-10-5-13(22)9-17(26-10)19(24)21-18(12-6-14(23)7-12)11-3-4-16(25-2)15(20)8-11/h3-5,8-9,12,14,18,23H,6-7H2,1-2H3,(H,21,24). The van der Waals surface area contributed by atoms with Gasteiger partial charge in [-0.25, -0.2) is 4.39 Å². The normalized spacial score (nSPS) is 20.2. The lowest BCUT2D eigenvalue weighted by atomic mass is 9.75. The average Bonchev–Trinajstić information content (AvgIpc) is 2.56. The minimum absolute atomic E-state index is 0.0433. The summed E-state index contributed by atoms with van der Waals surface area (Å²) in [5, 5.41) is 12.4. The summed E-state index contributed by atoms with van der Waals surface area (Å²) in [5.74, 6) is -0.808. The predicted molar refractivity (Wildman–Crippen MR) is 91.6 cm³/mol. The molecule has 1 atom stereocenters. The number of amides is 1. The van der Waals surface area contributed by atoms with Crippen molar-refractivity contribution in [2.24, 2.45) is 5.92 Å². The number of halogens is 1. The topological polar surface area (TPSA) is 88.8 Å². The first-order valence-corrected chi connectivity index (χ1v) is 8.31. The van der Waals surface area contributed by atoms with E-state index in [0.717, 1.165) is 6.07 Å². The van der Waals surface area contributed by atoms with Gasteiger partial charge in [0, 0.05) is 12.1 Å². The third kappa shape index (κ3) is 3.77. The Labute approximate surface area is 149 Å². The van der Waals surface area contributed by atoms with Gasteiger partial charge in [0.15, 0.2) is 22.8 Å². The molecular weight excluding hydrogens is 341 g/mol. The van der Waals surface area contributed by atoms with E-state index < -0.39 is 23.9 Å². The monoisotopic (exact) mass is 361 g/mol. The van der Waals surface area contributed by atoms with Crippen molar-refractivity contribution in [2.75, 3.05) is 7.11 Å². The van der Waals surface area contributed by atoms with Gasteiger partial charge in [0.2, 0.25) is 0 Å². The van der Waals surface area contributed by atoms with Gasteiger partial charge in [0.05, 0.1) is 19.3 Å². The first kappa shape index (κ1) is 18.1. The van der Waals surface area contributed by atoms with Crippen LogP contribution < -0.4 is 15.5 Å². The van der Waals surface area contributed by atoms with E-state index in [1.165, 1.54) is 25.3 Å². The van der Waals surface area contributed by atoms with E-state index in [2.05, 4.69) is 5.32 Å². The summed E-state index contributed by atoms with van der Waals surface area (Å²) in [7, 11) is 1.37. The van der Waals surface area contributed by atoms with Gasteiger partial charge >= 0.3 is 0 Å². The van der Waals surface area contributed by atoms with Crippen LogP contribution in [0.1, 0.15) is 40.8 Å². The summed E-state index contributed by atoms with van der Waals surface area (Å²) in [6.07, 6.45) is 0.562. The molecule has 1 aromatic carbocycles. The number of carbonyl (C=O) groups excluding carboxylic acids is 1. The third-order valence-electron chi connectivity index (χ3n) is 4.56. The van der Waals surface area contributed by atoms with Crippen LogP contribution in [0.25, 0.3) is 0 Å². The Morgan fingerprint density at radius 2 is 2.08 bits per heavy atom. The molecule has 1 aromatic heterocycles. The molecule has 0 saturated heterocycles. The summed E-state index contributed by atoms with van der Waals surface area (Å²) in [4.78, 5) is 24.1. The van der Waals surface area contributed by atoms with E-state index in [4.69, 9.17) is 9.15 Å². The largest absolute Gasteiger partial charge is 0.494 e. The summed E-state index contributed by atoms with van der Waals surface area (Å²) in [6.45, 7) is 1.58. The maximum absolute atomic E-state index is 14.1. The minimum Gasteiger partial charge on any atom is -0.494 e. The van der Waals surface area contributed by atoms with Crippen molar-refractivity contribution >= 4 is 5.91 Å². The van der Waals surface area contributed by atoms with Crippen LogP contribution in [0, 0.1) is 18.7 Å². The molecule has 0 bridgehead atoms. The number of aliphatic hydroxyl groups excluding tert-OH is 1. The van der Waals surface area contributed by atoms with Gasteiger partial charge in [-0.15, -0.1) is 0 Å². The Morgan fingerprint density at radius 1 is 1.35 bits per heavy atom. The molecule has 26 heavy (non-hydrogen) atoms. The number of ether oxygens (including phenoxy) is 1. The molecule has 1 amide bonds. The highest BCUT2D eigenvalue weighted by Gasteiger charge is 2.36. The van der Waals surface area contributed by atoms with E-state index in [-0.39, 0.29) is 22.9 Å². The number of nitrogens with one attached hydrogen (secondary N) is 1. The number of methoxy groups -OCH3 is 1. The quantitative estimate of drug-likeness (QED) is 0.853. The summed E-state index contributed by atoms with van der Waals surface area (Å²) in [5.41, 5.74) is 0.230. The minimum atomic E-state index is -0.562. The Balaban J connectivity index is 1.88. The molecule has 1 unspecified atom stereocenters. The molecule has 0 aliphatic heterocycles. The SMILES string of the molecule is COc1ccc(C(NC(=O)c2cc(=O)cc(C)o2)C2CC(O)C2)cc1F. The molecule has 138 valence electrons. The Bertz CT molecular complexity index is 872. The molecule has 1 aliphatic carbocycles. The van der Waals surface area contributed by atoms with Crippen molar-refractivity contribution in [2.45, 2.75) is 31.9 Å². The fourth-order valence-electron chi connectivity index (χ4n) is 3.18. The maximum Gasteiger partial charge on any atom is 0.287 e. The van der Waals surface area contributed by atoms with Gasteiger partial charge < -0.3 is 19.6 Å². The molecular formula is C19H20FNO5. The van der Waals surface area contributed by atoms with E-state index in [1.807, 2.05) is 0 Å². The first-order valence-electron chi connectivity index (χ1n) is 8.31. The van der Waals surface area contributed by atoms with Crippen LogP contribution in [-0.4, -0.2) is 24.2 Å². The number of rotatable bonds is 5. The predicted octanol–water partition coefficient (Wildman–Crippen LogP) is 2.34. The number of hydrogen-bond donors (Lipinski definition) is 2. The Kier molecular flexibility index (Phi) is 5.08. The fraction of sp³-hybridized carbons (Fsp3) is 0.368. The van der Waals surface area contributed by atoms with Gasteiger partial charge in [-0.1, -0.05) is 6.07 Å². The van der Waals surface area contributed by atoms with Gasteiger partial charge in [-0.05, 0) is 43.4 Å². The summed E-state index contributed by atoms with van der Waals surface area (Å²) < 4.78 is 24.3. The van der Waals surface area contributed by atoms with Crippen LogP contribution in [0.4, 0.5) is 4.39 Å². The average molecular weight is 361 g/mol. The van der Waals surface area contributed by atoms with Crippen LogP contribution in [0.2, 0.25) is 0 Å². The lowest BCUT2D eigenvalue weighted by Gasteiger charge is -2.38. The molecule has 7 heteroatoms. The molecule has 2 aromatic rings. The highest BCUT2D eigenvalue weighted by atomic mass is 19.1. The van der Waals surface area contributed by atoms with Gasteiger partial charge in [-0.2, -0.15) is 0 Å². The maximum atomic E-state index is 14.1. The number of carbonyl (C=O) groups is 1. The Hall–Kier alpha value is -2.67. The molecule has 1 saturated carbocycles. The van der Waals surface area contributed by atoms with Gasteiger partial charge in [0.1, 0.15) is 5.76 Å². The smallest absolute Gasteiger partial charge is 0.287 e. The van der Waals surface area contributed by atoms with Crippen LogP contribution >= 0.6 is 0 Å². The van der Waals surface area contributed by atoms with Crippen LogP contribution in [0.15, 0.2) is 39.5 Å². The molecule has 6 nitrogen and oxygen atoms in total. The molecule has 1 fully saturated rings. The van der Waals surface area contributed by atoms with E-state index >= 15 is 0 Å². The lowest BCUT2D eigenvalue weighted by Crippen LogP contribution is -2.41. The molecule has 1 heterocycles. The van der Waals surface area contributed by atoms with Crippen molar-refractivity contribution < 1.29 is 23.4 Å². The molecule has 3 rings (SSSR count). The first-order chi connectivity index (χ1) is 12.4. The summed E-state index contributed by atoms with van der Waals surface area (Å²) in [6, 6.07) is 6.35. The zero-order chi connectivity index (χ0) is 18.8. The highest BCUT2D eigenvalue weighted by Crippen LogP contribution is 2.39. The number of aliphatic hydroxyl groups is 1. The fourth-order valence-corrected chi connectivity index (χ4v) is 3.18. The molecule has 0 radical (unpaired) electrons. The van der Waals surface area contributed by atoms with Crippen molar-refractivity contribution in [3.05, 3.63) is 63.5 Å².